The summed E-state index contributed by atoms with van der Waals surface area (Å²) in [5.41, 5.74) is 5.46. The first kappa shape index (κ1) is 17.8. The summed E-state index contributed by atoms with van der Waals surface area (Å²) in [6.07, 6.45) is 4.86. The molecular formula is C13H21NO6S. The Morgan fingerprint density at radius 3 is 2.48 bits per heavy atom. The maximum atomic E-state index is 11.7. The number of thioether (sulfide) groups is 1. The lowest BCUT2D eigenvalue weighted by molar-refractivity contribution is -0.157. The van der Waals surface area contributed by atoms with Crippen LogP contribution in [0.15, 0.2) is 0 Å². The second-order valence-corrected chi connectivity index (χ2v) is 5.71. The van der Waals surface area contributed by atoms with Gasteiger partial charge in [-0.05, 0) is 24.6 Å². The standard InChI is InChI=1S/C13H21NO6S/c1-18-12(16)10(14)7-21-13(17)20-8-19-11(15)9-5-3-2-4-6-9/h9-10H,2-8,14H2,1H3/t10-/m0/s1. The molecule has 21 heavy (non-hydrogen) atoms. The Morgan fingerprint density at radius 2 is 1.86 bits per heavy atom. The van der Waals surface area contributed by atoms with E-state index in [-0.39, 0.29) is 17.6 Å². The smallest absolute Gasteiger partial charge is 0.370 e. The average molecular weight is 319 g/mol. The summed E-state index contributed by atoms with van der Waals surface area (Å²) in [7, 11) is 1.22. The lowest BCUT2D eigenvalue weighted by atomic mass is 9.89. The van der Waals surface area contributed by atoms with Crippen LogP contribution in [-0.2, 0) is 23.8 Å². The third kappa shape index (κ3) is 6.81. The van der Waals surface area contributed by atoms with Gasteiger partial charge in [-0.3, -0.25) is 9.59 Å². The fourth-order valence-corrected chi connectivity index (χ4v) is 2.59. The van der Waals surface area contributed by atoms with Gasteiger partial charge in [-0.1, -0.05) is 19.3 Å². The molecule has 120 valence electrons. The lowest BCUT2D eigenvalue weighted by Crippen LogP contribution is -2.34. The normalized spacial score (nSPS) is 16.9. The van der Waals surface area contributed by atoms with Crippen molar-refractivity contribution in [2.24, 2.45) is 11.7 Å². The summed E-state index contributed by atoms with van der Waals surface area (Å²) < 4.78 is 14.1. The van der Waals surface area contributed by atoms with Crippen LogP contribution >= 0.6 is 11.8 Å². The van der Waals surface area contributed by atoms with Crippen LogP contribution in [0, 0.1) is 5.92 Å². The number of hydrogen-bond donors (Lipinski definition) is 1. The molecule has 0 aliphatic heterocycles. The van der Waals surface area contributed by atoms with Crippen molar-refractivity contribution in [2.75, 3.05) is 19.7 Å². The summed E-state index contributed by atoms with van der Waals surface area (Å²) in [6.45, 7) is -0.408. The minimum absolute atomic E-state index is 0.0437. The van der Waals surface area contributed by atoms with E-state index in [4.69, 9.17) is 15.2 Å². The van der Waals surface area contributed by atoms with E-state index >= 15 is 0 Å². The van der Waals surface area contributed by atoms with Crippen LogP contribution < -0.4 is 5.73 Å². The Labute approximate surface area is 127 Å². The fourth-order valence-electron chi connectivity index (χ4n) is 2.01. The molecule has 1 saturated carbocycles. The maximum Gasteiger partial charge on any atom is 0.370 e. The number of nitrogens with two attached hydrogens (primary N) is 1. The van der Waals surface area contributed by atoms with Crippen molar-refractivity contribution in [3.8, 4) is 0 Å². The predicted octanol–water partition coefficient (Wildman–Crippen LogP) is 1.44. The summed E-state index contributed by atoms with van der Waals surface area (Å²) in [5.74, 6) is -0.960. The lowest BCUT2D eigenvalue weighted by Gasteiger charge is -2.19. The first-order valence-electron chi connectivity index (χ1n) is 6.84. The van der Waals surface area contributed by atoms with Gasteiger partial charge in [0.1, 0.15) is 6.04 Å². The molecule has 1 aliphatic rings. The van der Waals surface area contributed by atoms with E-state index in [1.54, 1.807) is 0 Å². The highest BCUT2D eigenvalue weighted by Crippen LogP contribution is 2.24. The number of rotatable bonds is 6. The van der Waals surface area contributed by atoms with Gasteiger partial charge in [0.25, 0.3) is 0 Å². The number of carbonyl (C=O) groups excluding carboxylic acids is 3. The summed E-state index contributed by atoms with van der Waals surface area (Å²) >= 11 is 0.737. The van der Waals surface area contributed by atoms with Gasteiger partial charge in [0.15, 0.2) is 0 Å². The number of carbonyl (C=O) groups is 3. The molecular weight excluding hydrogens is 298 g/mol. The van der Waals surface area contributed by atoms with E-state index in [1.807, 2.05) is 0 Å². The second kappa shape index (κ2) is 9.62. The van der Waals surface area contributed by atoms with E-state index < -0.39 is 24.1 Å². The highest BCUT2D eigenvalue weighted by molar-refractivity contribution is 8.13. The van der Waals surface area contributed by atoms with Crippen LogP contribution in [-0.4, -0.2) is 42.9 Å². The topological polar surface area (TPSA) is 105 Å². The van der Waals surface area contributed by atoms with E-state index in [1.165, 1.54) is 7.11 Å². The van der Waals surface area contributed by atoms with Crippen molar-refractivity contribution in [3.63, 3.8) is 0 Å². The van der Waals surface area contributed by atoms with Crippen LogP contribution in [0.4, 0.5) is 4.79 Å². The van der Waals surface area contributed by atoms with Crippen LogP contribution in [0.3, 0.4) is 0 Å². The molecule has 1 rings (SSSR count). The van der Waals surface area contributed by atoms with Crippen molar-refractivity contribution < 1.29 is 28.6 Å². The van der Waals surface area contributed by atoms with Crippen molar-refractivity contribution in [1.29, 1.82) is 0 Å². The molecule has 2 N–H and O–H groups in total. The quantitative estimate of drug-likeness (QED) is 0.579. The molecule has 1 atom stereocenters. The Morgan fingerprint density at radius 1 is 1.19 bits per heavy atom. The zero-order chi connectivity index (χ0) is 15.7. The molecule has 0 heterocycles. The molecule has 8 heteroatoms. The molecule has 0 aromatic carbocycles. The highest BCUT2D eigenvalue weighted by atomic mass is 32.2. The van der Waals surface area contributed by atoms with E-state index in [0.29, 0.717) is 0 Å². The van der Waals surface area contributed by atoms with Crippen LogP contribution in [0.5, 0.6) is 0 Å². The molecule has 0 aromatic heterocycles. The molecule has 0 unspecified atom stereocenters. The molecule has 0 saturated heterocycles. The zero-order valence-corrected chi connectivity index (χ0v) is 12.9. The van der Waals surface area contributed by atoms with Crippen LogP contribution in [0.25, 0.3) is 0 Å². The van der Waals surface area contributed by atoms with Crippen molar-refractivity contribution >= 4 is 29.0 Å². The van der Waals surface area contributed by atoms with Crippen molar-refractivity contribution in [1.82, 2.24) is 0 Å². The maximum absolute atomic E-state index is 11.7. The third-order valence-electron chi connectivity index (χ3n) is 3.20. The summed E-state index contributed by atoms with van der Waals surface area (Å²) in [6, 6.07) is -0.891. The van der Waals surface area contributed by atoms with Gasteiger partial charge in [-0.25, -0.2) is 4.79 Å². The van der Waals surface area contributed by atoms with E-state index in [2.05, 4.69) is 4.74 Å². The van der Waals surface area contributed by atoms with Crippen LogP contribution in [0.1, 0.15) is 32.1 Å². The minimum atomic E-state index is -0.891. The molecule has 0 radical (unpaired) electrons. The molecule has 0 bridgehead atoms. The van der Waals surface area contributed by atoms with Gasteiger partial charge in [0.05, 0.1) is 13.0 Å². The van der Waals surface area contributed by atoms with E-state index in [0.717, 1.165) is 43.9 Å². The Bertz CT molecular complexity index is 370. The number of methoxy groups -OCH3 is 1. The van der Waals surface area contributed by atoms with Crippen LogP contribution in [0.2, 0.25) is 0 Å². The molecule has 1 fully saturated rings. The number of esters is 2. The Hall–Kier alpha value is -1.28. The SMILES string of the molecule is COC(=O)[C@@H](N)CSC(=O)OCOC(=O)C1CCCCC1. The highest BCUT2D eigenvalue weighted by Gasteiger charge is 2.23. The molecule has 0 aromatic rings. The largest absolute Gasteiger partial charge is 0.468 e. The van der Waals surface area contributed by atoms with Crippen molar-refractivity contribution in [3.05, 3.63) is 0 Å². The summed E-state index contributed by atoms with van der Waals surface area (Å²) in [4.78, 5) is 34.1. The first-order valence-corrected chi connectivity index (χ1v) is 7.82. The van der Waals surface area contributed by atoms with Crippen molar-refractivity contribution in [2.45, 2.75) is 38.1 Å². The fraction of sp³-hybridized carbons (Fsp3) is 0.769. The van der Waals surface area contributed by atoms with Gasteiger partial charge in [-0.2, -0.15) is 0 Å². The minimum Gasteiger partial charge on any atom is -0.468 e. The Kier molecular flexibility index (Phi) is 8.14. The molecule has 1 aliphatic carbocycles. The van der Waals surface area contributed by atoms with Gasteiger partial charge in [-0.15, -0.1) is 0 Å². The monoisotopic (exact) mass is 319 g/mol. The second-order valence-electron chi connectivity index (χ2n) is 4.75. The Balaban J connectivity index is 2.12. The summed E-state index contributed by atoms with van der Waals surface area (Å²) in [5, 5.41) is -0.647. The average Bonchev–Trinajstić information content (AvgIpc) is 2.52. The molecule has 0 amide bonds. The predicted molar refractivity (Wildman–Crippen MR) is 76.5 cm³/mol. The number of ether oxygens (including phenoxy) is 3. The van der Waals surface area contributed by atoms with Gasteiger partial charge < -0.3 is 19.9 Å². The first-order chi connectivity index (χ1) is 10.0. The molecule has 7 nitrogen and oxygen atoms in total. The molecule has 0 spiro atoms. The van der Waals surface area contributed by atoms with Gasteiger partial charge in [0.2, 0.25) is 6.79 Å². The third-order valence-corrected chi connectivity index (χ3v) is 4.08. The zero-order valence-electron chi connectivity index (χ0n) is 12.0. The number of hydrogen-bond acceptors (Lipinski definition) is 8. The van der Waals surface area contributed by atoms with Gasteiger partial charge in [0, 0.05) is 5.75 Å². The van der Waals surface area contributed by atoms with Gasteiger partial charge >= 0.3 is 17.2 Å². The van der Waals surface area contributed by atoms with E-state index in [9.17, 15) is 14.4 Å².